The number of alkyl halides is 3. The summed E-state index contributed by atoms with van der Waals surface area (Å²) in [5.74, 6) is -3.47. The van der Waals surface area contributed by atoms with Crippen LogP contribution in [0.4, 0.5) is 13.2 Å². The number of aliphatic carboxylic acids is 1. The Morgan fingerprint density at radius 3 is 2.20 bits per heavy atom. The third-order valence-electron chi connectivity index (χ3n) is 7.11. The highest BCUT2D eigenvalue weighted by atomic mass is 19.4. The van der Waals surface area contributed by atoms with Crippen LogP contribution in [-0.2, 0) is 24.4 Å². The molecule has 5 rings (SSSR count). The van der Waals surface area contributed by atoms with Crippen LogP contribution in [0.3, 0.4) is 0 Å². The van der Waals surface area contributed by atoms with E-state index >= 15 is 0 Å². The number of aromatic nitrogens is 1. The van der Waals surface area contributed by atoms with Crippen molar-refractivity contribution < 1.29 is 33.0 Å². The molecule has 1 aromatic heterocycles. The van der Waals surface area contributed by atoms with Crippen LogP contribution < -0.4 is 5.43 Å². The molecule has 1 aliphatic carbocycles. The third kappa shape index (κ3) is 7.15. The number of halogens is 3. The van der Waals surface area contributed by atoms with Gasteiger partial charge < -0.3 is 19.7 Å². The van der Waals surface area contributed by atoms with Crippen molar-refractivity contribution in [2.24, 2.45) is 0 Å². The topological polar surface area (TPSA) is 103 Å². The van der Waals surface area contributed by atoms with Crippen molar-refractivity contribution in [2.75, 3.05) is 6.54 Å². The van der Waals surface area contributed by atoms with E-state index in [1.54, 1.807) is 4.90 Å². The molecule has 0 unspecified atom stereocenters. The maximum absolute atomic E-state index is 13.1. The second-order valence-corrected chi connectivity index (χ2v) is 10.4. The molecule has 3 aromatic rings. The van der Waals surface area contributed by atoms with E-state index in [1.807, 2.05) is 36.6 Å². The van der Waals surface area contributed by atoms with Crippen LogP contribution in [-0.4, -0.2) is 61.3 Å². The molecule has 11 heteroatoms. The molecule has 2 aliphatic rings. The Balaban J connectivity index is 0.000000493. The summed E-state index contributed by atoms with van der Waals surface area (Å²) in [7, 11) is 0. The van der Waals surface area contributed by atoms with Crippen LogP contribution in [0.1, 0.15) is 48.4 Å². The van der Waals surface area contributed by atoms with Gasteiger partial charge in [0.15, 0.2) is 11.4 Å². The number of carbonyl (C=O) groups is 2. The van der Waals surface area contributed by atoms with E-state index < -0.39 is 23.3 Å². The predicted octanol–water partition coefficient (Wildman–Crippen LogP) is 4.88. The van der Waals surface area contributed by atoms with Crippen molar-refractivity contribution in [3.63, 3.8) is 0 Å². The number of carbonyl (C=O) groups excluding carboxylic acids is 1. The first-order valence-corrected chi connectivity index (χ1v) is 13.3. The molecule has 1 amide bonds. The Bertz CT molecular complexity index is 1470. The Morgan fingerprint density at radius 1 is 0.976 bits per heavy atom. The number of fused-ring (bicyclic) bond motifs is 1. The maximum atomic E-state index is 13.1. The molecule has 2 N–H and O–H groups in total. The highest BCUT2D eigenvalue weighted by molar-refractivity contribution is 5.96. The molecule has 0 bridgehead atoms. The zero-order valence-corrected chi connectivity index (χ0v) is 22.8. The first kappa shape index (κ1) is 29.9. The lowest BCUT2D eigenvalue weighted by Crippen LogP contribution is -2.46. The number of carboxylic acid groups (broad SMARTS) is 1. The average Bonchev–Trinajstić information content (AvgIpc) is 3.77. The summed E-state index contributed by atoms with van der Waals surface area (Å²) in [5.41, 5.74) is 4.03. The van der Waals surface area contributed by atoms with Gasteiger partial charge in [-0.15, -0.1) is 0 Å². The lowest BCUT2D eigenvalue weighted by Gasteiger charge is -2.35. The van der Waals surface area contributed by atoms with Gasteiger partial charge in [-0.2, -0.15) is 13.2 Å². The lowest BCUT2D eigenvalue weighted by molar-refractivity contribution is -0.192. The van der Waals surface area contributed by atoms with Crippen LogP contribution in [0.25, 0.3) is 11.1 Å². The van der Waals surface area contributed by atoms with Crippen molar-refractivity contribution in [1.29, 1.82) is 0 Å². The van der Waals surface area contributed by atoms with Crippen LogP contribution in [0, 0.1) is 0 Å². The Labute approximate surface area is 235 Å². The fourth-order valence-corrected chi connectivity index (χ4v) is 4.90. The van der Waals surface area contributed by atoms with Crippen molar-refractivity contribution in [2.45, 2.75) is 64.6 Å². The first-order valence-electron chi connectivity index (χ1n) is 13.3. The predicted molar refractivity (Wildman–Crippen MR) is 146 cm³/mol. The minimum Gasteiger partial charge on any atom is -0.503 e. The molecule has 0 spiro atoms. The molecule has 2 heterocycles. The maximum Gasteiger partial charge on any atom is 0.490 e. The molecule has 1 aliphatic heterocycles. The van der Waals surface area contributed by atoms with E-state index in [0.717, 1.165) is 25.1 Å². The van der Waals surface area contributed by atoms with E-state index in [0.29, 0.717) is 25.7 Å². The highest BCUT2D eigenvalue weighted by Gasteiger charge is 2.38. The highest BCUT2D eigenvalue weighted by Crippen LogP contribution is 2.32. The molecule has 41 heavy (non-hydrogen) atoms. The summed E-state index contributed by atoms with van der Waals surface area (Å²) in [6, 6.07) is 20.9. The number of pyridine rings is 1. The van der Waals surface area contributed by atoms with Crippen LogP contribution in [0.2, 0.25) is 0 Å². The van der Waals surface area contributed by atoms with Crippen molar-refractivity contribution in [3.8, 4) is 16.9 Å². The SMILES string of the molecule is CC(C)N1CCn2c(CN(Cc3cccc(-c4ccccc4)c3)C3CC3)cc(=O)c(O)c2C1=O.O=C(O)C(F)(F)F. The average molecular weight is 572 g/mol. The zero-order chi connectivity index (χ0) is 29.9. The minimum atomic E-state index is -5.08. The van der Waals surface area contributed by atoms with Crippen LogP contribution in [0.5, 0.6) is 5.75 Å². The number of hydrogen-bond acceptors (Lipinski definition) is 5. The van der Waals surface area contributed by atoms with Gasteiger partial charge in [-0.25, -0.2) is 4.79 Å². The fraction of sp³-hybridized carbons (Fsp3) is 0.367. The van der Waals surface area contributed by atoms with E-state index in [4.69, 9.17) is 9.90 Å². The molecule has 0 radical (unpaired) electrons. The van der Waals surface area contributed by atoms with Crippen molar-refractivity contribution >= 4 is 11.9 Å². The zero-order valence-electron chi connectivity index (χ0n) is 22.8. The molecule has 1 saturated carbocycles. The fourth-order valence-electron chi connectivity index (χ4n) is 4.90. The largest absolute Gasteiger partial charge is 0.503 e. The second kappa shape index (κ2) is 12.2. The second-order valence-electron chi connectivity index (χ2n) is 10.4. The van der Waals surface area contributed by atoms with E-state index in [9.17, 15) is 27.9 Å². The van der Waals surface area contributed by atoms with Gasteiger partial charge in [0, 0.05) is 50.0 Å². The van der Waals surface area contributed by atoms with E-state index in [2.05, 4.69) is 41.3 Å². The summed E-state index contributed by atoms with van der Waals surface area (Å²) in [5, 5.41) is 17.6. The summed E-state index contributed by atoms with van der Waals surface area (Å²) >= 11 is 0. The van der Waals surface area contributed by atoms with Gasteiger partial charge in [0.25, 0.3) is 5.91 Å². The molecule has 8 nitrogen and oxygen atoms in total. The molecule has 0 atom stereocenters. The van der Waals surface area contributed by atoms with Crippen molar-refractivity contribution in [1.82, 2.24) is 14.4 Å². The number of carboxylic acids is 1. The number of rotatable bonds is 7. The minimum absolute atomic E-state index is 0.0132. The monoisotopic (exact) mass is 571 g/mol. The van der Waals surface area contributed by atoms with E-state index in [1.165, 1.54) is 22.8 Å². The Kier molecular flexibility index (Phi) is 8.86. The Hall–Kier alpha value is -4.12. The summed E-state index contributed by atoms with van der Waals surface area (Å²) in [4.78, 5) is 38.7. The number of hydrogen-bond donors (Lipinski definition) is 2. The molecule has 218 valence electrons. The quantitative estimate of drug-likeness (QED) is 0.419. The number of aromatic hydroxyl groups is 1. The Morgan fingerprint density at radius 2 is 1.61 bits per heavy atom. The number of amides is 1. The van der Waals surface area contributed by atoms with Gasteiger partial charge >= 0.3 is 12.1 Å². The van der Waals surface area contributed by atoms with Crippen LogP contribution >= 0.6 is 0 Å². The van der Waals surface area contributed by atoms with Gasteiger partial charge in [-0.05, 0) is 49.4 Å². The summed E-state index contributed by atoms with van der Waals surface area (Å²) in [6.45, 7) is 6.38. The molecular weight excluding hydrogens is 539 g/mol. The standard InChI is InChI=1S/C28H31N3O3.C2HF3O2/c1-19(2)30-13-14-31-24(16-25(32)27(33)26(31)28(30)34)18-29(23-11-12-23)17-20-7-6-10-22(15-20)21-8-4-3-5-9-21;3-2(4,5)1(6)7/h3-10,15-16,19,23,33H,11-14,17-18H2,1-2H3;(H,6,7). The summed E-state index contributed by atoms with van der Waals surface area (Å²) in [6.07, 6.45) is -2.82. The van der Waals surface area contributed by atoms with Gasteiger partial charge in [0.05, 0.1) is 0 Å². The van der Waals surface area contributed by atoms with E-state index in [-0.39, 0.29) is 17.6 Å². The smallest absolute Gasteiger partial charge is 0.490 e. The lowest BCUT2D eigenvalue weighted by atomic mass is 10.0. The molecule has 0 saturated heterocycles. The van der Waals surface area contributed by atoms with Crippen molar-refractivity contribution in [3.05, 3.63) is 87.8 Å². The van der Waals surface area contributed by atoms with Gasteiger partial charge in [0.1, 0.15) is 0 Å². The van der Waals surface area contributed by atoms with Crippen LogP contribution in [0.15, 0.2) is 65.5 Å². The number of nitrogens with zero attached hydrogens (tertiary/aromatic N) is 3. The molecule has 2 aromatic carbocycles. The van der Waals surface area contributed by atoms with Gasteiger partial charge in [-0.1, -0.05) is 48.5 Å². The molecule has 1 fully saturated rings. The first-order chi connectivity index (χ1) is 19.4. The summed E-state index contributed by atoms with van der Waals surface area (Å²) < 4.78 is 33.6. The van der Waals surface area contributed by atoms with Gasteiger partial charge in [-0.3, -0.25) is 14.5 Å². The molecular formula is C30H32F3N3O5. The number of benzene rings is 2. The van der Waals surface area contributed by atoms with Gasteiger partial charge in [0.2, 0.25) is 5.43 Å². The normalized spacial score (nSPS) is 15.0. The third-order valence-corrected chi connectivity index (χ3v) is 7.11.